The van der Waals surface area contributed by atoms with Crippen LogP contribution in [0.5, 0.6) is 0 Å². The second kappa shape index (κ2) is 7.06. The first-order valence-electron chi connectivity index (χ1n) is 9.48. The van der Waals surface area contributed by atoms with E-state index in [-0.39, 0.29) is 11.9 Å². The number of hydrogen-bond donors (Lipinski definition) is 0. The van der Waals surface area contributed by atoms with Crippen LogP contribution in [0.25, 0.3) is 11.3 Å². The summed E-state index contributed by atoms with van der Waals surface area (Å²) in [7, 11) is 0. The molecule has 0 bridgehead atoms. The molecule has 0 N–H and O–H groups in total. The second-order valence-electron chi connectivity index (χ2n) is 7.45. The van der Waals surface area contributed by atoms with Gasteiger partial charge in [-0.2, -0.15) is 0 Å². The lowest BCUT2D eigenvalue weighted by molar-refractivity contribution is 0.0621. The fraction of sp³-hybridized carbons (Fsp3) is 0.364. The highest BCUT2D eigenvalue weighted by Gasteiger charge is 2.33. The Bertz CT molecular complexity index is 928. The lowest BCUT2D eigenvalue weighted by Gasteiger charge is -2.37. The summed E-state index contributed by atoms with van der Waals surface area (Å²) in [6.07, 6.45) is 6.60. The molecule has 3 aromatic rings. The number of amides is 1. The van der Waals surface area contributed by atoms with Crippen LogP contribution in [0, 0.1) is 19.8 Å². The molecule has 2 unspecified atom stereocenters. The Kier molecular flexibility index (Phi) is 4.60. The van der Waals surface area contributed by atoms with Gasteiger partial charge in [0.15, 0.2) is 0 Å². The zero-order valence-corrected chi connectivity index (χ0v) is 16.1. The highest BCUT2D eigenvalue weighted by molar-refractivity contribution is 6.01. The molecule has 1 amide bonds. The average molecular weight is 363 g/mol. The number of carbonyl (C=O) groups excluding carboxylic acids is 1. The Morgan fingerprint density at radius 2 is 2.00 bits per heavy atom. The van der Waals surface area contributed by atoms with Gasteiger partial charge in [-0.1, -0.05) is 37.3 Å². The second-order valence-corrected chi connectivity index (χ2v) is 7.45. The number of benzene rings is 1. The van der Waals surface area contributed by atoms with E-state index in [1.54, 1.807) is 6.20 Å². The van der Waals surface area contributed by atoms with Crippen LogP contribution in [-0.4, -0.2) is 33.4 Å². The quantitative estimate of drug-likeness (QED) is 0.689. The zero-order valence-electron chi connectivity index (χ0n) is 16.1. The molecule has 1 aromatic carbocycles. The van der Waals surface area contributed by atoms with Crippen LogP contribution in [0.2, 0.25) is 0 Å². The van der Waals surface area contributed by atoms with Crippen LogP contribution in [0.1, 0.15) is 41.1 Å². The van der Waals surface area contributed by atoms with Crippen molar-refractivity contribution in [1.29, 1.82) is 0 Å². The molecule has 27 heavy (non-hydrogen) atoms. The van der Waals surface area contributed by atoms with E-state index in [0.29, 0.717) is 23.8 Å². The molecule has 1 aliphatic heterocycles. The number of aryl methyl sites for hydroxylation is 1. The summed E-state index contributed by atoms with van der Waals surface area (Å²) in [5.41, 5.74) is 2.56. The lowest BCUT2D eigenvalue weighted by atomic mass is 9.92. The number of furan rings is 1. The van der Waals surface area contributed by atoms with E-state index >= 15 is 0 Å². The molecule has 2 atom stereocenters. The van der Waals surface area contributed by atoms with Gasteiger partial charge in [-0.15, -0.1) is 0 Å². The summed E-state index contributed by atoms with van der Waals surface area (Å²) in [5, 5.41) is 0. The number of rotatable bonds is 3. The summed E-state index contributed by atoms with van der Waals surface area (Å²) in [4.78, 5) is 19.6. The largest absolute Gasteiger partial charge is 0.460 e. The third-order valence-electron chi connectivity index (χ3n) is 5.75. The molecule has 1 fully saturated rings. The summed E-state index contributed by atoms with van der Waals surface area (Å²) in [6.45, 7) is 7.59. The van der Waals surface area contributed by atoms with Crippen molar-refractivity contribution in [2.75, 3.05) is 13.1 Å². The van der Waals surface area contributed by atoms with Gasteiger partial charge in [-0.05, 0) is 26.2 Å². The molecular weight excluding hydrogens is 338 g/mol. The first-order chi connectivity index (χ1) is 13.1. The van der Waals surface area contributed by atoms with E-state index < -0.39 is 0 Å². The summed E-state index contributed by atoms with van der Waals surface area (Å²) in [5.74, 6) is 2.03. The number of piperidine rings is 1. The number of nitrogens with zero attached hydrogens (tertiary/aromatic N) is 3. The molecule has 0 spiro atoms. The number of carbonyl (C=O) groups is 1. The molecule has 0 radical (unpaired) electrons. The molecule has 5 nitrogen and oxygen atoms in total. The van der Waals surface area contributed by atoms with Gasteiger partial charge in [-0.25, -0.2) is 4.98 Å². The number of aromatic nitrogens is 2. The van der Waals surface area contributed by atoms with Crippen molar-refractivity contribution in [3.05, 3.63) is 65.9 Å². The van der Waals surface area contributed by atoms with Crippen LogP contribution in [-0.2, 0) is 0 Å². The van der Waals surface area contributed by atoms with E-state index in [1.807, 2.05) is 61.6 Å². The molecule has 4 rings (SSSR count). The molecule has 1 aliphatic rings. The van der Waals surface area contributed by atoms with Gasteiger partial charge in [-0.3, -0.25) is 4.79 Å². The molecule has 5 heteroatoms. The van der Waals surface area contributed by atoms with Crippen LogP contribution in [0.4, 0.5) is 0 Å². The fourth-order valence-corrected chi connectivity index (χ4v) is 3.92. The van der Waals surface area contributed by atoms with Crippen LogP contribution < -0.4 is 0 Å². The first kappa shape index (κ1) is 17.6. The van der Waals surface area contributed by atoms with Crippen LogP contribution in [0.3, 0.4) is 0 Å². The highest BCUT2D eigenvalue weighted by atomic mass is 16.3. The Hall–Kier alpha value is -2.82. The van der Waals surface area contributed by atoms with Gasteiger partial charge < -0.3 is 13.9 Å². The molecule has 0 aliphatic carbocycles. The molecule has 1 saturated heterocycles. The van der Waals surface area contributed by atoms with E-state index in [2.05, 4.69) is 16.5 Å². The topological polar surface area (TPSA) is 51.3 Å². The van der Waals surface area contributed by atoms with E-state index in [4.69, 9.17) is 4.42 Å². The molecule has 3 heterocycles. The zero-order chi connectivity index (χ0) is 19.0. The minimum Gasteiger partial charge on any atom is -0.460 e. The maximum Gasteiger partial charge on any atom is 0.258 e. The van der Waals surface area contributed by atoms with Gasteiger partial charge in [0.25, 0.3) is 5.91 Å². The molecule has 0 saturated carbocycles. The predicted octanol–water partition coefficient (Wildman–Crippen LogP) is 4.48. The van der Waals surface area contributed by atoms with Gasteiger partial charge in [0.2, 0.25) is 0 Å². The van der Waals surface area contributed by atoms with Crippen molar-refractivity contribution in [3.63, 3.8) is 0 Å². The SMILES string of the molecule is Cc1oc(-c2ccccc2)c(C(=O)N2CCC(C)C(n3ccnc3)C2)c1C. The fourth-order valence-electron chi connectivity index (χ4n) is 3.92. The minimum atomic E-state index is 0.0558. The van der Waals surface area contributed by atoms with Gasteiger partial charge in [0.1, 0.15) is 11.5 Å². The van der Waals surface area contributed by atoms with Crippen molar-refractivity contribution in [1.82, 2.24) is 14.5 Å². The van der Waals surface area contributed by atoms with E-state index in [1.165, 1.54) is 0 Å². The van der Waals surface area contributed by atoms with E-state index in [0.717, 1.165) is 29.9 Å². The van der Waals surface area contributed by atoms with Gasteiger partial charge in [0.05, 0.1) is 17.9 Å². The minimum absolute atomic E-state index is 0.0558. The number of hydrogen-bond acceptors (Lipinski definition) is 3. The van der Waals surface area contributed by atoms with Crippen molar-refractivity contribution in [3.8, 4) is 11.3 Å². The Morgan fingerprint density at radius 3 is 2.70 bits per heavy atom. The smallest absolute Gasteiger partial charge is 0.258 e. The van der Waals surface area contributed by atoms with Crippen molar-refractivity contribution in [2.24, 2.45) is 5.92 Å². The van der Waals surface area contributed by atoms with Crippen molar-refractivity contribution < 1.29 is 9.21 Å². The standard InChI is InChI=1S/C22H25N3O2/c1-15-9-11-24(13-19(15)25-12-10-23-14-25)22(26)20-16(2)17(3)27-21(20)18-7-5-4-6-8-18/h4-8,10,12,14-15,19H,9,11,13H2,1-3H3. The molecular formula is C22H25N3O2. The highest BCUT2D eigenvalue weighted by Crippen LogP contribution is 2.34. The summed E-state index contributed by atoms with van der Waals surface area (Å²) < 4.78 is 8.12. The monoisotopic (exact) mass is 363 g/mol. The molecule has 140 valence electrons. The summed E-state index contributed by atoms with van der Waals surface area (Å²) >= 11 is 0. The average Bonchev–Trinajstić information content (AvgIpc) is 3.31. The Balaban J connectivity index is 1.67. The number of likely N-dealkylation sites (tertiary alicyclic amines) is 1. The normalized spacial score (nSPS) is 20.0. The first-order valence-corrected chi connectivity index (χ1v) is 9.48. The van der Waals surface area contributed by atoms with E-state index in [9.17, 15) is 4.79 Å². The van der Waals surface area contributed by atoms with Crippen LogP contribution >= 0.6 is 0 Å². The maximum atomic E-state index is 13.5. The van der Waals surface area contributed by atoms with Gasteiger partial charge in [0, 0.05) is 36.6 Å². The maximum absolute atomic E-state index is 13.5. The molecule has 2 aromatic heterocycles. The Labute approximate surface area is 159 Å². The lowest BCUT2D eigenvalue weighted by Crippen LogP contribution is -2.44. The predicted molar refractivity (Wildman–Crippen MR) is 105 cm³/mol. The van der Waals surface area contributed by atoms with Gasteiger partial charge >= 0.3 is 0 Å². The Morgan fingerprint density at radius 1 is 1.22 bits per heavy atom. The summed E-state index contributed by atoms with van der Waals surface area (Å²) in [6, 6.07) is 10.1. The third kappa shape index (κ3) is 3.18. The van der Waals surface area contributed by atoms with Crippen molar-refractivity contribution >= 4 is 5.91 Å². The van der Waals surface area contributed by atoms with Crippen LogP contribution in [0.15, 0.2) is 53.5 Å². The third-order valence-corrected chi connectivity index (χ3v) is 5.75. The van der Waals surface area contributed by atoms with Crippen molar-refractivity contribution in [2.45, 2.75) is 33.2 Å². The number of imidazole rings is 1.